The molecule has 1 aromatic carbocycles. The number of benzene rings is 1. The van der Waals surface area contributed by atoms with Gasteiger partial charge in [0.15, 0.2) is 0 Å². The Morgan fingerprint density at radius 1 is 1.41 bits per heavy atom. The molecule has 0 bridgehead atoms. The summed E-state index contributed by atoms with van der Waals surface area (Å²) in [6.07, 6.45) is 1.50. The highest BCUT2D eigenvalue weighted by atomic mass is 16.4. The molecule has 1 aromatic heterocycles. The molecule has 2 aromatic rings. The maximum atomic E-state index is 11.1. The molecule has 0 spiro atoms. The molecule has 0 aliphatic carbocycles. The van der Waals surface area contributed by atoms with Gasteiger partial charge in [0.2, 0.25) is 0 Å². The molecule has 17 heavy (non-hydrogen) atoms. The van der Waals surface area contributed by atoms with Crippen LogP contribution in [0.5, 0.6) is 0 Å². The summed E-state index contributed by atoms with van der Waals surface area (Å²) in [4.78, 5) is 11.1. The lowest BCUT2D eigenvalue weighted by Gasteiger charge is -2.07. The van der Waals surface area contributed by atoms with E-state index in [2.05, 4.69) is 5.32 Å². The quantitative estimate of drug-likeness (QED) is 0.836. The molecule has 4 heteroatoms. The first-order valence-electron chi connectivity index (χ1n) is 5.57. The summed E-state index contributed by atoms with van der Waals surface area (Å²) in [5.41, 5.74) is 2.41. The van der Waals surface area contributed by atoms with Gasteiger partial charge in [-0.1, -0.05) is 13.8 Å². The lowest BCUT2D eigenvalue weighted by Crippen LogP contribution is -2.03. The number of hydrogen-bond donors (Lipinski definition) is 2. The van der Waals surface area contributed by atoms with Crippen molar-refractivity contribution in [3.05, 3.63) is 29.5 Å². The minimum Gasteiger partial charge on any atom is -0.478 e. The van der Waals surface area contributed by atoms with Crippen LogP contribution in [0.4, 0.5) is 5.69 Å². The third-order valence-corrected chi connectivity index (χ3v) is 2.41. The number of aryl methyl sites for hydroxylation is 1. The molecule has 0 unspecified atom stereocenters. The topological polar surface area (TPSA) is 62.5 Å². The molecule has 0 saturated heterocycles. The average molecular weight is 235 g/mol. The van der Waals surface area contributed by atoms with Crippen LogP contribution in [-0.2, 0) is 0 Å². The Morgan fingerprint density at radius 2 is 2.06 bits per heavy atom. The molecule has 0 aliphatic rings. The summed E-state index contributed by atoms with van der Waals surface area (Å²) in [5.74, 6) is -0.953. The fourth-order valence-corrected chi connectivity index (χ4v) is 1.74. The molecule has 0 amide bonds. The Morgan fingerprint density at radius 3 is 2.59 bits per heavy atom. The van der Waals surface area contributed by atoms with E-state index in [1.165, 1.54) is 6.26 Å². The first-order valence-corrected chi connectivity index (χ1v) is 5.57. The van der Waals surface area contributed by atoms with E-state index in [0.717, 1.165) is 5.56 Å². The van der Waals surface area contributed by atoms with Gasteiger partial charge in [-0.05, 0) is 24.6 Å². The zero-order valence-electron chi connectivity index (χ0n) is 10.5. The van der Waals surface area contributed by atoms with Crippen LogP contribution in [-0.4, -0.2) is 18.1 Å². The summed E-state index contributed by atoms with van der Waals surface area (Å²) >= 11 is 0. The first kappa shape index (κ1) is 13.1. The number of furan rings is 1. The van der Waals surface area contributed by atoms with E-state index in [1.807, 2.05) is 20.8 Å². The molecular weight excluding hydrogens is 218 g/mol. The molecule has 0 radical (unpaired) electrons. The summed E-state index contributed by atoms with van der Waals surface area (Å²) in [6, 6.07) is 3.45. The van der Waals surface area contributed by atoms with Crippen LogP contribution in [0.15, 0.2) is 22.8 Å². The maximum absolute atomic E-state index is 11.1. The second-order valence-electron chi connectivity index (χ2n) is 3.33. The minimum absolute atomic E-state index is 0.256. The molecule has 2 rings (SSSR count). The van der Waals surface area contributed by atoms with Crippen LogP contribution in [0.2, 0.25) is 0 Å². The molecule has 4 nitrogen and oxygen atoms in total. The lowest BCUT2D eigenvalue weighted by atomic mass is 10.0. The van der Waals surface area contributed by atoms with E-state index in [1.54, 1.807) is 19.2 Å². The predicted octanol–water partition coefficient (Wildman–Crippen LogP) is 3.51. The molecule has 0 saturated carbocycles. The number of fused-ring (bicyclic) bond motifs is 1. The molecule has 0 fully saturated rings. The van der Waals surface area contributed by atoms with Crippen molar-refractivity contribution in [2.75, 3.05) is 12.4 Å². The third kappa shape index (κ3) is 2.25. The Balaban J connectivity index is 0.000000686. The van der Waals surface area contributed by atoms with E-state index in [0.29, 0.717) is 16.7 Å². The fraction of sp³-hybridized carbons (Fsp3) is 0.308. The van der Waals surface area contributed by atoms with Crippen molar-refractivity contribution in [1.29, 1.82) is 0 Å². The molecule has 0 aliphatic heterocycles. The van der Waals surface area contributed by atoms with E-state index < -0.39 is 5.97 Å². The van der Waals surface area contributed by atoms with Crippen LogP contribution < -0.4 is 5.32 Å². The van der Waals surface area contributed by atoms with Gasteiger partial charge in [-0.15, -0.1) is 0 Å². The standard InChI is InChI=1S/C11H11NO3.C2H6/c1-6-5-8(12-2)9(11(13)14)7-3-4-15-10(6)7;1-2/h3-5,12H,1-2H3,(H,13,14);1-2H3. The van der Waals surface area contributed by atoms with Gasteiger partial charge in [0.05, 0.1) is 11.8 Å². The number of anilines is 1. The number of carbonyl (C=O) groups is 1. The van der Waals surface area contributed by atoms with Gasteiger partial charge in [0.1, 0.15) is 5.58 Å². The summed E-state index contributed by atoms with van der Waals surface area (Å²) in [5, 5.41) is 12.6. The maximum Gasteiger partial charge on any atom is 0.338 e. The average Bonchev–Trinajstić information content (AvgIpc) is 2.80. The van der Waals surface area contributed by atoms with Gasteiger partial charge in [-0.25, -0.2) is 4.79 Å². The zero-order chi connectivity index (χ0) is 13.0. The van der Waals surface area contributed by atoms with Crippen molar-refractivity contribution in [3.63, 3.8) is 0 Å². The first-order chi connectivity index (χ1) is 8.15. The van der Waals surface area contributed by atoms with Gasteiger partial charge in [-0.2, -0.15) is 0 Å². The van der Waals surface area contributed by atoms with Crippen molar-refractivity contribution in [3.8, 4) is 0 Å². The van der Waals surface area contributed by atoms with Crippen LogP contribution >= 0.6 is 0 Å². The van der Waals surface area contributed by atoms with Crippen molar-refractivity contribution in [2.24, 2.45) is 0 Å². The van der Waals surface area contributed by atoms with Crippen molar-refractivity contribution in [1.82, 2.24) is 0 Å². The SMILES string of the molecule is CC.CNc1cc(C)c2occc2c1C(=O)O. The van der Waals surface area contributed by atoms with E-state index >= 15 is 0 Å². The van der Waals surface area contributed by atoms with Gasteiger partial charge < -0.3 is 14.8 Å². The Labute approximate surface area is 100 Å². The third-order valence-electron chi connectivity index (χ3n) is 2.41. The van der Waals surface area contributed by atoms with Crippen LogP contribution in [0.1, 0.15) is 29.8 Å². The number of carboxylic acid groups (broad SMARTS) is 1. The van der Waals surface area contributed by atoms with E-state index in [4.69, 9.17) is 9.52 Å². The fourth-order valence-electron chi connectivity index (χ4n) is 1.74. The van der Waals surface area contributed by atoms with Gasteiger partial charge >= 0.3 is 5.97 Å². The summed E-state index contributed by atoms with van der Waals surface area (Å²) in [7, 11) is 1.70. The number of carboxylic acids is 1. The highest BCUT2D eigenvalue weighted by Gasteiger charge is 2.17. The normalized spacial score (nSPS) is 9.65. The van der Waals surface area contributed by atoms with E-state index in [-0.39, 0.29) is 5.56 Å². The number of rotatable bonds is 2. The Hall–Kier alpha value is -1.97. The van der Waals surface area contributed by atoms with Crippen molar-refractivity contribution in [2.45, 2.75) is 20.8 Å². The van der Waals surface area contributed by atoms with Crippen molar-refractivity contribution < 1.29 is 14.3 Å². The second kappa shape index (κ2) is 5.39. The lowest BCUT2D eigenvalue weighted by molar-refractivity contribution is 0.0700. The monoisotopic (exact) mass is 235 g/mol. The Kier molecular flexibility index (Phi) is 4.15. The number of hydrogen-bond acceptors (Lipinski definition) is 3. The molecule has 2 N–H and O–H groups in total. The zero-order valence-corrected chi connectivity index (χ0v) is 10.5. The van der Waals surface area contributed by atoms with Gasteiger partial charge in [-0.3, -0.25) is 0 Å². The van der Waals surface area contributed by atoms with Crippen LogP contribution in [0.3, 0.4) is 0 Å². The largest absolute Gasteiger partial charge is 0.478 e. The van der Waals surface area contributed by atoms with Gasteiger partial charge in [0, 0.05) is 18.1 Å². The van der Waals surface area contributed by atoms with E-state index in [9.17, 15) is 4.79 Å². The summed E-state index contributed by atoms with van der Waals surface area (Å²) < 4.78 is 5.25. The molecule has 92 valence electrons. The van der Waals surface area contributed by atoms with Crippen LogP contribution in [0.25, 0.3) is 11.0 Å². The van der Waals surface area contributed by atoms with Crippen molar-refractivity contribution >= 4 is 22.6 Å². The molecular formula is C13H17NO3. The predicted molar refractivity (Wildman–Crippen MR) is 68.8 cm³/mol. The summed E-state index contributed by atoms with van der Waals surface area (Å²) in [6.45, 7) is 5.89. The molecule has 0 atom stereocenters. The molecule has 1 heterocycles. The second-order valence-corrected chi connectivity index (χ2v) is 3.33. The highest BCUT2D eigenvalue weighted by molar-refractivity contribution is 6.08. The number of nitrogens with one attached hydrogen (secondary N) is 1. The smallest absolute Gasteiger partial charge is 0.338 e. The Bertz CT molecular complexity index is 529. The highest BCUT2D eigenvalue weighted by Crippen LogP contribution is 2.30. The minimum atomic E-state index is -0.953. The van der Waals surface area contributed by atoms with Crippen LogP contribution in [0, 0.1) is 6.92 Å². The van der Waals surface area contributed by atoms with Gasteiger partial charge in [0.25, 0.3) is 0 Å². The number of aromatic carboxylic acids is 1.